The summed E-state index contributed by atoms with van der Waals surface area (Å²) in [5.41, 5.74) is 0.665. The molecule has 0 spiro atoms. The first kappa shape index (κ1) is 10.2. The van der Waals surface area contributed by atoms with Crippen molar-refractivity contribution in [3.63, 3.8) is 0 Å². The topological polar surface area (TPSA) is 49.3 Å². The molecule has 0 aliphatic heterocycles. The first-order valence-corrected chi connectivity index (χ1v) is 4.86. The molecule has 0 aromatic heterocycles. The SMILES string of the molecule is C=CC(=O)Nc1cccc2c(O)cccc12. The highest BCUT2D eigenvalue weighted by molar-refractivity contribution is 6.06. The van der Waals surface area contributed by atoms with E-state index < -0.39 is 0 Å². The number of anilines is 1. The summed E-state index contributed by atoms with van der Waals surface area (Å²) >= 11 is 0. The van der Waals surface area contributed by atoms with E-state index in [2.05, 4.69) is 11.9 Å². The van der Waals surface area contributed by atoms with Gasteiger partial charge in [0, 0.05) is 16.5 Å². The van der Waals surface area contributed by atoms with Crippen LogP contribution in [0, 0.1) is 0 Å². The van der Waals surface area contributed by atoms with E-state index in [1.807, 2.05) is 6.07 Å². The molecule has 2 aromatic rings. The van der Waals surface area contributed by atoms with Crippen molar-refractivity contribution in [1.82, 2.24) is 0 Å². The van der Waals surface area contributed by atoms with Crippen molar-refractivity contribution < 1.29 is 9.90 Å². The summed E-state index contributed by atoms with van der Waals surface area (Å²) < 4.78 is 0. The largest absolute Gasteiger partial charge is 0.507 e. The molecule has 0 radical (unpaired) electrons. The molecule has 2 N–H and O–H groups in total. The summed E-state index contributed by atoms with van der Waals surface area (Å²) in [6, 6.07) is 10.6. The van der Waals surface area contributed by atoms with E-state index in [1.165, 1.54) is 6.08 Å². The van der Waals surface area contributed by atoms with Crippen LogP contribution in [0.15, 0.2) is 49.1 Å². The Morgan fingerprint density at radius 2 is 1.88 bits per heavy atom. The Bertz CT molecular complexity index is 561. The minimum Gasteiger partial charge on any atom is -0.507 e. The Hall–Kier alpha value is -2.29. The molecule has 2 rings (SSSR count). The lowest BCUT2D eigenvalue weighted by atomic mass is 10.1. The van der Waals surface area contributed by atoms with Gasteiger partial charge in [-0.1, -0.05) is 30.8 Å². The molecule has 0 saturated carbocycles. The number of nitrogens with one attached hydrogen (secondary N) is 1. The number of fused-ring (bicyclic) bond motifs is 1. The second-order valence-electron chi connectivity index (χ2n) is 3.37. The second kappa shape index (κ2) is 4.06. The zero-order chi connectivity index (χ0) is 11.5. The van der Waals surface area contributed by atoms with Crippen LogP contribution in [-0.4, -0.2) is 11.0 Å². The minimum absolute atomic E-state index is 0.201. The minimum atomic E-state index is -0.268. The molecular formula is C13H11NO2. The lowest BCUT2D eigenvalue weighted by molar-refractivity contribution is -0.111. The van der Waals surface area contributed by atoms with E-state index in [1.54, 1.807) is 30.3 Å². The maximum atomic E-state index is 11.2. The molecule has 0 heterocycles. The van der Waals surface area contributed by atoms with E-state index in [0.29, 0.717) is 11.1 Å². The molecule has 3 heteroatoms. The van der Waals surface area contributed by atoms with Crippen LogP contribution in [0.2, 0.25) is 0 Å². The number of carbonyl (C=O) groups is 1. The molecule has 3 nitrogen and oxygen atoms in total. The number of carbonyl (C=O) groups excluding carboxylic acids is 1. The highest BCUT2D eigenvalue weighted by Crippen LogP contribution is 2.29. The average Bonchev–Trinajstić information content (AvgIpc) is 2.30. The predicted octanol–water partition coefficient (Wildman–Crippen LogP) is 2.67. The Morgan fingerprint density at radius 1 is 1.19 bits per heavy atom. The molecule has 0 saturated heterocycles. The van der Waals surface area contributed by atoms with Crippen LogP contribution in [0.25, 0.3) is 10.8 Å². The number of benzene rings is 2. The molecule has 0 unspecified atom stereocenters. The van der Waals surface area contributed by atoms with Crippen molar-refractivity contribution in [1.29, 1.82) is 0 Å². The molecule has 80 valence electrons. The van der Waals surface area contributed by atoms with Crippen LogP contribution in [0.5, 0.6) is 5.75 Å². The number of hydrogen-bond acceptors (Lipinski definition) is 2. The fraction of sp³-hybridized carbons (Fsp3) is 0. The fourth-order valence-electron chi connectivity index (χ4n) is 1.59. The molecule has 2 aromatic carbocycles. The highest BCUT2D eigenvalue weighted by Gasteiger charge is 2.04. The summed E-state index contributed by atoms with van der Waals surface area (Å²) in [6.45, 7) is 3.39. The molecule has 1 amide bonds. The van der Waals surface area contributed by atoms with Crippen LogP contribution in [0.1, 0.15) is 0 Å². The van der Waals surface area contributed by atoms with Crippen molar-refractivity contribution in [3.8, 4) is 5.75 Å². The van der Waals surface area contributed by atoms with Gasteiger partial charge in [0.25, 0.3) is 0 Å². The van der Waals surface area contributed by atoms with Crippen LogP contribution < -0.4 is 5.32 Å². The number of amides is 1. The molecule has 16 heavy (non-hydrogen) atoms. The van der Waals surface area contributed by atoms with Gasteiger partial charge in [-0.15, -0.1) is 0 Å². The van der Waals surface area contributed by atoms with Crippen molar-refractivity contribution in [2.75, 3.05) is 5.32 Å². The smallest absolute Gasteiger partial charge is 0.247 e. The van der Waals surface area contributed by atoms with Crippen LogP contribution >= 0.6 is 0 Å². The van der Waals surface area contributed by atoms with E-state index in [0.717, 1.165) is 5.39 Å². The van der Waals surface area contributed by atoms with Gasteiger partial charge in [0.15, 0.2) is 0 Å². The normalized spacial score (nSPS) is 10.0. The zero-order valence-electron chi connectivity index (χ0n) is 8.60. The Morgan fingerprint density at radius 3 is 2.62 bits per heavy atom. The monoisotopic (exact) mass is 213 g/mol. The van der Waals surface area contributed by atoms with Gasteiger partial charge < -0.3 is 10.4 Å². The van der Waals surface area contributed by atoms with Gasteiger partial charge in [-0.2, -0.15) is 0 Å². The molecular weight excluding hydrogens is 202 g/mol. The maximum Gasteiger partial charge on any atom is 0.247 e. The standard InChI is InChI=1S/C13H11NO2/c1-2-13(16)14-11-7-3-6-10-9(11)5-4-8-12(10)15/h2-8,15H,1H2,(H,14,16). The predicted molar refractivity (Wildman–Crippen MR) is 64.4 cm³/mol. The quantitative estimate of drug-likeness (QED) is 0.753. The lowest BCUT2D eigenvalue weighted by Crippen LogP contribution is -2.07. The summed E-state index contributed by atoms with van der Waals surface area (Å²) in [6.07, 6.45) is 1.21. The number of aromatic hydroxyl groups is 1. The first-order chi connectivity index (χ1) is 7.72. The Kier molecular flexibility index (Phi) is 2.60. The third-order valence-corrected chi connectivity index (χ3v) is 2.34. The molecule has 0 atom stereocenters. The molecule has 0 aliphatic carbocycles. The zero-order valence-corrected chi connectivity index (χ0v) is 8.60. The lowest BCUT2D eigenvalue weighted by Gasteiger charge is -2.07. The molecule has 0 bridgehead atoms. The van der Waals surface area contributed by atoms with Gasteiger partial charge >= 0.3 is 0 Å². The van der Waals surface area contributed by atoms with Crippen molar-refractivity contribution in [2.24, 2.45) is 0 Å². The third kappa shape index (κ3) is 1.75. The van der Waals surface area contributed by atoms with Crippen LogP contribution in [0.4, 0.5) is 5.69 Å². The maximum absolute atomic E-state index is 11.2. The van der Waals surface area contributed by atoms with E-state index >= 15 is 0 Å². The summed E-state index contributed by atoms with van der Waals surface area (Å²) in [5.74, 6) is -0.0666. The summed E-state index contributed by atoms with van der Waals surface area (Å²) in [7, 11) is 0. The Labute approximate surface area is 93.0 Å². The third-order valence-electron chi connectivity index (χ3n) is 2.34. The second-order valence-corrected chi connectivity index (χ2v) is 3.37. The van der Waals surface area contributed by atoms with Gasteiger partial charge in [0.2, 0.25) is 5.91 Å². The van der Waals surface area contributed by atoms with E-state index in [-0.39, 0.29) is 11.7 Å². The highest BCUT2D eigenvalue weighted by atomic mass is 16.3. The van der Waals surface area contributed by atoms with Gasteiger partial charge in [-0.05, 0) is 18.2 Å². The van der Waals surface area contributed by atoms with Gasteiger partial charge in [-0.25, -0.2) is 0 Å². The van der Waals surface area contributed by atoms with Crippen LogP contribution in [-0.2, 0) is 4.79 Å². The number of phenolic OH excluding ortho intramolecular Hbond substituents is 1. The average molecular weight is 213 g/mol. The molecule has 0 aliphatic rings. The van der Waals surface area contributed by atoms with Crippen molar-refractivity contribution in [3.05, 3.63) is 49.1 Å². The number of rotatable bonds is 2. The number of phenols is 1. The fourth-order valence-corrected chi connectivity index (χ4v) is 1.59. The number of hydrogen-bond donors (Lipinski definition) is 2. The van der Waals surface area contributed by atoms with Crippen molar-refractivity contribution in [2.45, 2.75) is 0 Å². The van der Waals surface area contributed by atoms with Gasteiger partial charge in [-0.3, -0.25) is 4.79 Å². The van der Waals surface area contributed by atoms with Crippen LogP contribution in [0.3, 0.4) is 0 Å². The summed E-state index contributed by atoms with van der Waals surface area (Å²) in [4.78, 5) is 11.2. The van der Waals surface area contributed by atoms with E-state index in [4.69, 9.17) is 0 Å². The van der Waals surface area contributed by atoms with Gasteiger partial charge in [0.05, 0.1) is 0 Å². The Balaban J connectivity index is 2.58. The molecule has 0 fully saturated rings. The van der Waals surface area contributed by atoms with E-state index in [9.17, 15) is 9.90 Å². The van der Waals surface area contributed by atoms with Gasteiger partial charge in [0.1, 0.15) is 5.75 Å². The summed E-state index contributed by atoms with van der Waals surface area (Å²) in [5, 5.41) is 13.9. The first-order valence-electron chi connectivity index (χ1n) is 4.86. The van der Waals surface area contributed by atoms with Crippen molar-refractivity contribution >= 4 is 22.4 Å².